The van der Waals surface area contributed by atoms with E-state index >= 15 is 0 Å². The molecule has 1 aromatic heterocycles. The lowest BCUT2D eigenvalue weighted by Gasteiger charge is -2.34. The lowest BCUT2D eigenvalue weighted by molar-refractivity contribution is 0.0581. The van der Waals surface area contributed by atoms with Crippen molar-refractivity contribution in [2.75, 3.05) is 13.1 Å². The molecular weight excluding hydrogens is 314 g/mol. The van der Waals surface area contributed by atoms with E-state index in [-0.39, 0.29) is 30.1 Å². The number of benzene rings is 1. The molecule has 0 saturated carbocycles. The van der Waals surface area contributed by atoms with Crippen molar-refractivity contribution in [2.45, 2.75) is 32.2 Å². The van der Waals surface area contributed by atoms with Crippen LogP contribution in [0.5, 0.6) is 0 Å². The van der Waals surface area contributed by atoms with Crippen LogP contribution in [0, 0.1) is 6.92 Å². The average molecular weight is 336 g/mol. The van der Waals surface area contributed by atoms with E-state index in [0.29, 0.717) is 12.2 Å². The van der Waals surface area contributed by atoms with E-state index in [1.165, 1.54) is 5.56 Å². The second-order valence-electron chi connectivity index (χ2n) is 5.83. The Kier molecular flexibility index (Phi) is 5.80. The third-order valence-corrected chi connectivity index (χ3v) is 4.23. The summed E-state index contributed by atoms with van der Waals surface area (Å²) in [4.78, 5) is 14.4. The summed E-state index contributed by atoms with van der Waals surface area (Å²) < 4.78 is 5.28. The Morgan fingerprint density at radius 3 is 2.78 bits per heavy atom. The Balaban J connectivity index is 0.00000192. The molecule has 1 aliphatic rings. The van der Waals surface area contributed by atoms with Crippen molar-refractivity contribution in [3.05, 3.63) is 41.7 Å². The van der Waals surface area contributed by atoms with Gasteiger partial charge in [-0.3, -0.25) is 4.79 Å². The van der Waals surface area contributed by atoms with Gasteiger partial charge >= 0.3 is 0 Å². The second kappa shape index (κ2) is 7.62. The first-order valence-electron chi connectivity index (χ1n) is 7.74. The quantitative estimate of drug-likeness (QED) is 0.935. The van der Waals surface area contributed by atoms with Gasteiger partial charge in [0.15, 0.2) is 0 Å². The molecule has 124 valence electrons. The first-order chi connectivity index (χ1) is 10.7. The molecular formula is C17H22ClN3O2. The number of carbonyl (C=O) groups excluding carboxylic acids is 1. The number of carbonyl (C=O) groups is 1. The number of hydrogen-bond donors (Lipinski definition) is 1. The minimum absolute atomic E-state index is 0. The summed E-state index contributed by atoms with van der Waals surface area (Å²) in [6.07, 6.45) is 3.10. The summed E-state index contributed by atoms with van der Waals surface area (Å²) in [5.41, 5.74) is 8.59. The van der Waals surface area contributed by atoms with Crippen molar-refractivity contribution in [1.82, 2.24) is 10.1 Å². The third-order valence-electron chi connectivity index (χ3n) is 4.23. The highest BCUT2D eigenvalue weighted by Gasteiger charge is 2.28. The van der Waals surface area contributed by atoms with Gasteiger partial charge in [0, 0.05) is 30.8 Å². The number of nitrogens with zero attached hydrogens (tertiary/aromatic N) is 2. The standard InChI is InChI=1S/C17H21N3O2.ClH/c1-12-5-7-13(8-6-12)15-10-16(22-19-15)17(21)20-9-3-2-4-14(20)11-18;/h5-8,10,14H,2-4,9,11,18H2,1H3;1H. The fourth-order valence-electron chi connectivity index (χ4n) is 2.89. The van der Waals surface area contributed by atoms with Crippen LogP contribution in [0.1, 0.15) is 35.4 Å². The Morgan fingerprint density at radius 1 is 1.35 bits per heavy atom. The number of aryl methyl sites for hydroxylation is 1. The SMILES string of the molecule is Cc1ccc(-c2cc(C(=O)N3CCCCC3CN)on2)cc1.Cl. The van der Waals surface area contributed by atoms with Crippen LogP contribution in [0.15, 0.2) is 34.9 Å². The van der Waals surface area contributed by atoms with Crippen LogP contribution in [0.25, 0.3) is 11.3 Å². The molecule has 1 fully saturated rings. The molecule has 6 heteroatoms. The van der Waals surface area contributed by atoms with Gasteiger partial charge in [-0.2, -0.15) is 0 Å². The van der Waals surface area contributed by atoms with Crippen molar-refractivity contribution in [1.29, 1.82) is 0 Å². The number of nitrogens with two attached hydrogens (primary N) is 1. The van der Waals surface area contributed by atoms with E-state index in [0.717, 1.165) is 31.4 Å². The second-order valence-corrected chi connectivity index (χ2v) is 5.83. The number of amides is 1. The number of halogens is 1. The molecule has 2 aromatic rings. The Labute approximate surface area is 142 Å². The maximum atomic E-state index is 12.6. The number of piperidine rings is 1. The zero-order valence-corrected chi connectivity index (χ0v) is 14.0. The summed E-state index contributed by atoms with van der Waals surface area (Å²) in [6.45, 7) is 3.26. The topological polar surface area (TPSA) is 72.4 Å². The van der Waals surface area contributed by atoms with E-state index in [1.807, 2.05) is 36.1 Å². The molecule has 0 aliphatic carbocycles. The van der Waals surface area contributed by atoms with Crippen LogP contribution < -0.4 is 5.73 Å². The number of likely N-dealkylation sites (tertiary alicyclic amines) is 1. The van der Waals surface area contributed by atoms with E-state index in [2.05, 4.69) is 5.16 Å². The smallest absolute Gasteiger partial charge is 0.292 e. The van der Waals surface area contributed by atoms with Gasteiger partial charge in [0.25, 0.3) is 5.91 Å². The first kappa shape index (κ1) is 17.5. The molecule has 1 aliphatic heterocycles. The maximum absolute atomic E-state index is 12.6. The molecule has 1 unspecified atom stereocenters. The average Bonchev–Trinajstić information content (AvgIpc) is 3.05. The Morgan fingerprint density at radius 2 is 2.09 bits per heavy atom. The zero-order chi connectivity index (χ0) is 15.5. The lowest BCUT2D eigenvalue weighted by Crippen LogP contribution is -2.47. The molecule has 1 amide bonds. The minimum Gasteiger partial charge on any atom is -0.350 e. The normalized spacial score (nSPS) is 17.7. The van der Waals surface area contributed by atoms with E-state index in [1.54, 1.807) is 6.07 Å². The van der Waals surface area contributed by atoms with Crippen molar-refractivity contribution in [3.8, 4) is 11.3 Å². The fourth-order valence-corrected chi connectivity index (χ4v) is 2.89. The molecule has 2 N–H and O–H groups in total. The van der Waals surface area contributed by atoms with Gasteiger partial charge in [0.1, 0.15) is 5.69 Å². The molecule has 1 saturated heterocycles. The van der Waals surface area contributed by atoms with Crippen LogP contribution >= 0.6 is 12.4 Å². The molecule has 1 atom stereocenters. The van der Waals surface area contributed by atoms with Crippen LogP contribution in [-0.4, -0.2) is 35.1 Å². The molecule has 3 rings (SSSR count). The highest BCUT2D eigenvalue weighted by atomic mass is 35.5. The largest absolute Gasteiger partial charge is 0.350 e. The van der Waals surface area contributed by atoms with Crippen molar-refractivity contribution < 1.29 is 9.32 Å². The van der Waals surface area contributed by atoms with Gasteiger partial charge in [0.05, 0.1) is 0 Å². The van der Waals surface area contributed by atoms with E-state index in [4.69, 9.17) is 10.3 Å². The molecule has 2 heterocycles. The predicted molar refractivity (Wildman–Crippen MR) is 91.7 cm³/mol. The van der Waals surface area contributed by atoms with Gasteiger partial charge in [-0.25, -0.2) is 0 Å². The summed E-state index contributed by atoms with van der Waals surface area (Å²) in [5, 5.41) is 4.03. The number of aromatic nitrogens is 1. The molecule has 0 bridgehead atoms. The predicted octanol–water partition coefficient (Wildman–Crippen LogP) is 3.03. The molecule has 0 spiro atoms. The van der Waals surface area contributed by atoms with Crippen LogP contribution in [0.3, 0.4) is 0 Å². The Bertz CT molecular complexity index is 654. The monoisotopic (exact) mass is 335 g/mol. The van der Waals surface area contributed by atoms with Gasteiger partial charge < -0.3 is 15.2 Å². The van der Waals surface area contributed by atoms with Crippen LogP contribution in [-0.2, 0) is 0 Å². The highest BCUT2D eigenvalue weighted by Crippen LogP contribution is 2.23. The van der Waals surface area contributed by atoms with Crippen LogP contribution in [0.2, 0.25) is 0 Å². The van der Waals surface area contributed by atoms with Crippen molar-refractivity contribution in [2.24, 2.45) is 5.73 Å². The molecule has 5 nitrogen and oxygen atoms in total. The third kappa shape index (κ3) is 3.74. The summed E-state index contributed by atoms with van der Waals surface area (Å²) >= 11 is 0. The minimum atomic E-state index is -0.110. The summed E-state index contributed by atoms with van der Waals surface area (Å²) in [6, 6.07) is 9.81. The van der Waals surface area contributed by atoms with Gasteiger partial charge in [-0.1, -0.05) is 35.0 Å². The van der Waals surface area contributed by atoms with Crippen LogP contribution in [0.4, 0.5) is 0 Å². The molecule has 23 heavy (non-hydrogen) atoms. The maximum Gasteiger partial charge on any atom is 0.292 e. The number of hydrogen-bond acceptors (Lipinski definition) is 4. The van der Waals surface area contributed by atoms with E-state index < -0.39 is 0 Å². The van der Waals surface area contributed by atoms with Crippen molar-refractivity contribution in [3.63, 3.8) is 0 Å². The number of rotatable bonds is 3. The highest BCUT2D eigenvalue weighted by molar-refractivity contribution is 5.92. The Hall–Kier alpha value is -1.85. The van der Waals surface area contributed by atoms with Gasteiger partial charge in [0.2, 0.25) is 5.76 Å². The first-order valence-corrected chi connectivity index (χ1v) is 7.74. The zero-order valence-electron chi connectivity index (χ0n) is 13.2. The molecule has 0 radical (unpaired) electrons. The van der Waals surface area contributed by atoms with Gasteiger partial charge in [-0.05, 0) is 26.2 Å². The van der Waals surface area contributed by atoms with Gasteiger partial charge in [-0.15, -0.1) is 12.4 Å². The summed E-state index contributed by atoms with van der Waals surface area (Å²) in [5.74, 6) is 0.178. The van der Waals surface area contributed by atoms with Crippen molar-refractivity contribution >= 4 is 18.3 Å². The molecule has 1 aromatic carbocycles. The summed E-state index contributed by atoms with van der Waals surface area (Å²) in [7, 11) is 0. The lowest BCUT2D eigenvalue weighted by atomic mass is 10.0. The van der Waals surface area contributed by atoms with E-state index in [9.17, 15) is 4.79 Å². The fraction of sp³-hybridized carbons (Fsp3) is 0.412.